The lowest BCUT2D eigenvalue weighted by Gasteiger charge is -2.17. The van der Waals surface area contributed by atoms with Crippen LogP contribution in [-0.2, 0) is 11.3 Å². The van der Waals surface area contributed by atoms with Crippen molar-refractivity contribution < 1.29 is 4.79 Å². The van der Waals surface area contributed by atoms with Crippen LogP contribution in [0.4, 0.5) is 0 Å². The molecule has 0 radical (unpaired) electrons. The molecule has 0 fully saturated rings. The maximum atomic E-state index is 11.9. The molecule has 0 heterocycles. The third kappa shape index (κ3) is 5.03. The standard InChI is InChI=1S/C16H26N2O/c1-11(2)9-18-16(19)14(5)17-10-15-12(3)7-6-8-13(15)4/h6-8,11,14,17H,9-10H2,1-5H3,(H,18,19). The van der Waals surface area contributed by atoms with Crippen LogP contribution >= 0.6 is 0 Å². The summed E-state index contributed by atoms with van der Waals surface area (Å²) < 4.78 is 0. The lowest BCUT2D eigenvalue weighted by molar-refractivity contribution is -0.122. The van der Waals surface area contributed by atoms with Gasteiger partial charge in [0.25, 0.3) is 0 Å². The Morgan fingerprint density at radius 1 is 1.16 bits per heavy atom. The summed E-state index contributed by atoms with van der Waals surface area (Å²) in [6.07, 6.45) is 0. The molecule has 1 atom stereocenters. The molecule has 0 bridgehead atoms. The van der Waals surface area contributed by atoms with Gasteiger partial charge in [-0.3, -0.25) is 4.79 Å². The summed E-state index contributed by atoms with van der Waals surface area (Å²) >= 11 is 0. The molecular formula is C16H26N2O. The van der Waals surface area contributed by atoms with Crippen LogP contribution in [0.1, 0.15) is 37.5 Å². The zero-order valence-corrected chi connectivity index (χ0v) is 12.7. The van der Waals surface area contributed by atoms with Crippen molar-refractivity contribution in [3.05, 3.63) is 34.9 Å². The first-order chi connectivity index (χ1) is 8.91. The highest BCUT2D eigenvalue weighted by Gasteiger charge is 2.13. The SMILES string of the molecule is Cc1cccc(C)c1CNC(C)C(=O)NCC(C)C. The second-order valence-corrected chi connectivity index (χ2v) is 5.61. The van der Waals surface area contributed by atoms with Gasteiger partial charge in [-0.25, -0.2) is 0 Å². The topological polar surface area (TPSA) is 41.1 Å². The fourth-order valence-corrected chi connectivity index (χ4v) is 1.93. The summed E-state index contributed by atoms with van der Waals surface area (Å²) in [4.78, 5) is 11.9. The first kappa shape index (κ1) is 15.7. The van der Waals surface area contributed by atoms with Crippen molar-refractivity contribution in [2.45, 2.75) is 47.2 Å². The van der Waals surface area contributed by atoms with Gasteiger partial charge in [0.2, 0.25) is 5.91 Å². The van der Waals surface area contributed by atoms with Gasteiger partial charge >= 0.3 is 0 Å². The molecule has 3 heteroatoms. The Balaban J connectivity index is 2.50. The molecule has 106 valence electrons. The van der Waals surface area contributed by atoms with E-state index in [9.17, 15) is 4.79 Å². The van der Waals surface area contributed by atoms with E-state index < -0.39 is 0 Å². The van der Waals surface area contributed by atoms with E-state index in [2.05, 4.69) is 56.5 Å². The van der Waals surface area contributed by atoms with Crippen LogP contribution in [0, 0.1) is 19.8 Å². The molecule has 1 amide bonds. The van der Waals surface area contributed by atoms with Crippen molar-refractivity contribution in [3.8, 4) is 0 Å². The first-order valence-corrected chi connectivity index (χ1v) is 6.98. The molecule has 0 aliphatic carbocycles. The van der Waals surface area contributed by atoms with Gasteiger partial charge in [0.1, 0.15) is 0 Å². The van der Waals surface area contributed by atoms with Crippen LogP contribution < -0.4 is 10.6 Å². The zero-order chi connectivity index (χ0) is 14.4. The molecule has 3 nitrogen and oxygen atoms in total. The second kappa shape index (κ2) is 7.29. The molecule has 0 aromatic heterocycles. The van der Waals surface area contributed by atoms with E-state index in [-0.39, 0.29) is 11.9 Å². The van der Waals surface area contributed by atoms with Crippen molar-refractivity contribution in [2.75, 3.05) is 6.54 Å². The fraction of sp³-hybridized carbons (Fsp3) is 0.562. The Labute approximate surface area is 116 Å². The number of hydrogen-bond donors (Lipinski definition) is 2. The molecular weight excluding hydrogens is 236 g/mol. The lowest BCUT2D eigenvalue weighted by atomic mass is 10.0. The van der Waals surface area contributed by atoms with E-state index in [4.69, 9.17) is 0 Å². The van der Waals surface area contributed by atoms with Crippen LogP contribution in [0.3, 0.4) is 0 Å². The molecule has 0 spiro atoms. The van der Waals surface area contributed by atoms with Gasteiger partial charge in [0, 0.05) is 13.1 Å². The number of aryl methyl sites for hydroxylation is 2. The summed E-state index contributed by atoms with van der Waals surface area (Å²) in [6.45, 7) is 11.8. The number of hydrogen-bond acceptors (Lipinski definition) is 2. The van der Waals surface area contributed by atoms with E-state index in [1.807, 2.05) is 6.92 Å². The van der Waals surface area contributed by atoms with E-state index in [0.717, 1.165) is 13.1 Å². The highest BCUT2D eigenvalue weighted by atomic mass is 16.2. The van der Waals surface area contributed by atoms with Crippen molar-refractivity contribution in [3.63, 3.8) is 0 Å². The summed E-state index contributed by atoms with van der Waals surface area (Å²) in [5.41, 5.74) is 3.82. The summed E-state index contributed by atoms with van der Waals surface area (Å²) in [6, 6.07) is 6.10. The number of nitrogens with one attached hydrogen (secondary N) is 2. The van der Waals surface area contributed by atoms with Crippen molar-refractivity contribution in [2.24, 2.45) is 5.92 Å². The van der Waals surface area contributed by atoms with Gasteiger partial charge in [-0.1, -0.05) is 32.0 Å². The lowest BCUT2D eigenvalue weighted by Crippen LogP contribution is -2.43. The van der Waals surface area contributed by atoms with Crippen LogP contribution in [0.25, 0.3) is 0 Å². The number of carbonyl (C=O) groups excluding carboxylic acids is 1. The third-order valence-electron chi connectivity index (χ3n) is 3.31. The highest BCUT2D eigenvalue weighted by molar-refractivity contribution is 5.81. The molecule has 1 aromatic rings. The maximum Gasteiger partial charge on any atom is 0.236 e. The monoisotopic (exact) mass is 262 g/mol. The van der Waals surface area contributed by atoms with Gasteiger partial charge in [-0.2, -0.15) is 0 Å². The van der Waals surface area contributed by atoms with Gasteiger partial charge in [0.05, 0.1) is 6.04 Å². The predicted molar refractivity (Wildman–Crippen MR) is 80.1 cm³/mol. The van der Waals surface area contributed by atoms with E-state index in [1.165, 1.54) is 16.7 Å². The van der Waals surface area contributed by atoms with Crippen molar-refractivity contribution in [1.29, 1.82) is 0 Å². The van der Waals surface area contributed by atoms with Gasteiger partial charge in [-0.15, -0.1) is 0 Å². The van der Waals surface area contributed by atoms with E-state index >= 15 is 0 Å². The number of benzene rings is 1. The smallest absolute Gasteiger partial charge is 0.236 e. The van der Waals surface area contributed by atoms with E-state index in [1.54, 1.807) is 0 Å². The predicted octanol–water partition coefficient (Wildman–Crippen LogP) is 2.55. The van der Waals surface area contributed by atoms with E-state index in [0.29, 0.717) is 5.92 Å². The Kier molecular flexibility index (Phi) is 6.03. The normalized spacial score (nSPS) is 12.5. The molecule has 0 aliphatic heterocycles. The number of rotatable bonds is 6. The zero-order valence-electron chi connectivity index (χ0n) is 12.7. The molecule has 2 N–H and O–H groups in total. The maximum absolute atomic E-state index is 11.9. The average Bonchev–Trinajstić information content (AvgIpc) is 2.35. The minimum Gasteiger partial charge on any atom is -0.354 e. The molecule has 0 saturated carbocycles. The van der Waals surface area contributed by atoms with Crippen LogP contribution in [0.15, 0.2) is 18.2 Å². The summed E-state index contributed by atoms with van der Waals surface area (Å²) in [7, 11) is 0. The first-order valence-electron chi connectivity index (χ1n) is 6.98. The average molecular weight is 262 g/mol. The Morgan fingerprint density at radius 2 is 1.74 bits per heavy atom. The third-order valence-corrected chi connectivity index (χ3v) is 3.31. The number of amides is 1. The van der Waals surface area contributed by atoms with Gasteiger partial charge in [-0.05, 0) is 43.4 Å². The molecule has 0 aliphatic rings. The Bertz CT molecular complexity index is 407. The Morgan fingerprint density at radius 3 is 2.26 bits per heavy atom. The van der Waals surface area contributed by atoms with Gasteiger partial charge < -0.3 is 10.6 Å². The quantitative estimate of drug-likeness (QED) is 0.827. The highest BCUT2D eigenvalue weighted by Crippen LogP contribution is 2.12. The van der Waals surface area contributed by atoms with Crippen LogP contribution in [0.5, 0.6) is 0 Å². The summed E-state index contributed by atoms with van der Waals surface area (Å²) in [5.74, 6) is 0.551. The van der Waals surface area contributed by atoms with Crippen molar-refractivity contribution >= 4 is 5.91 Å². The molecule has 19 heavy (non-hydrogen) atoms. The molecule has 1 aromatic carbocycles. The van der Waals surface area contributed by atoms with Crippen LogP contribution in [0.2, 0.25) is 0 Å². The van der Waals surface area contributed by atoms with Crippen molar-refractivity contribution in [1.82, 2.24) is 10.6 Å². The second-order valence-electron chi connectivity index (χ2n) is 5.61. The Hall–Kier alpha value is -1.35. The van der Waals surface area contributed by atoms with Crippen LogP contribution in [-0.4, -0.2) is 18.5 Å². The molecule has 1 unspecified atom stereocenters. The number of carbonyl (C=O) groups is 1. The molecule has 1 rings (SSSR count). The largest absolute Gasteiger partial charge is 0.354 e. The molecule has 0 saturated heterocycles. The summed E-state index contributed by atoms with van der Waals surface area (Å²) in [5, 5.41) is 6.24. The minimum absolute atomic E-state index is 0.0694. The fourth-order valence-electron chi connectivity index (χ4n) is 1.93. The van der Waals surface area contributed by atoms with Gasteiger partial charge in [0.15, 0.2) is 0 Å². The minimum atomic E-state index is -0.169.